The normalized spacial score (nSPS) is 16.8. The number of aromatic nitrogens is 2. The van der Waals surface area contributed by atoms with E-state index in [2.05, 4.69) is 10.1 Å². The van der Waals surface area contributed by atoms with Gasteiger partial charge in [-0.15, -0.1) is 0 Å². The number of alkyl halides is 2. The second-order valence-electron chi connectivity index (χ2n) is 7.80. The van der Waals surface area contributed by atoms with Crippen molar-refractivity contribution in [1.29, 1.82) is 0 Å². The number of rotatable bonds is 5. The van der Waals surface area contributed by atoms with Crippen molar-refractivity contribution >= 4 is 26.8 Å². The zero-order chi connectivity index (χ0) is 22.6. The van der Waals surface area contributed by atoms with E-state index in [1.165, 1.54) is 46.5 Å². The van der Waals surface area contributed by atoms with Crippen LogP contribution in [0.4, 0.5) is 8.78 Å². The lowest BCUT2D eigenvalue weighted by atomic mass is 10.1. The van der Waals surface area contributed by atoms with Gasteiger partial charge < -0.3 is 10.1 Å². The van der Waals surface area contributed by atoms with Crippen LogP contribution in [0.2, 0.25) is 0 Å². The zero-order valence-corrected chi connectivity index (χ0v) is 17.4. The van der Waals surface area contributed by atoms with Crippen LogP contribution >= 0.6 is 0 Å². The molecule has 1 saturated heterocycles. The van der Waals surface area contributed by atoms with Gasteiger partial charge in [-0.05, 0) is 37.3 Å². The number of carbonyl (C=O) groups is 1. The number of halogens is 2. The third-order valence-corrected chi connectivity index (χ3v) is 7.27. The Balaban J connectivity index is 1.70. The third kappa shape index (κ3) is 3.92. The van der Waals surface area contributed by atoms with Crippen LogP contribution in [0.5, 0.6) is 5.75 Å². The maximum atomic E-state index is 12.8. The number of benzene rings is 2. The number of hydrogen-bond donors (Lipinski definition) is 1. The molecule has 1 aliphatic heterocycles. The first-order valence-electron chi connectivity index (χ1n) is 9.28. The van der Waals surface area contributed by atoms with Gasteiger partial charge in [-0.25, -0.2) is 13.2 Å². The molecule has 0 spiro atoms. The van der Waals surface area contributed by atoms with Crippen molar-refractivity contribution in [1.82, 2.24) is 14.5 Å². The molecule has 0 aliphatic carbocycles. The Labute approximate surface area is 176 Å². The Morgan fingerprint density at radius 1 is 1.16 bits per heavy atom. The molecule has 4 rings (SSSR count). The fourth-order valence-electron chi connectivity index (χ4n) is 3.87. The minimum Gasteiger partial charge on any atom is -0.435 e. The van der Waals surface area contributed by atoms with E-state index in [9.17, 15) is 26.8 Å². The average molecular weight is 451 g/mol. The lowest BCUT2D eigenvalue weighted by Gasteiger charge is -2.38. The Hall–Kier alpha value is -3.21. The number of sulfone groups is 1. The third-order valence-electron chi connectivity index (χ3n) is 5.11. The predicted molar refractivity (Wildman–Crippen MR) is 110 cm³/mol. The van der Waals surface area contributed by atoms with Gasteiger partial charge in [0.15, 0.2) is 9.84 Å². The monoisotopic (exact) mass is 451 g/mol. The second-order valence-corrected chi connectivity index (χ2v) is 9.87. The van der Waals surface area contributed by atoms with Gasteiger partial charge in [0.05, 0.1) is 33.8 Å². The van der Waals surface area contributed by atoms with Gasteiger partial charge >= 0.3 is 12.3 Å². The first kappa shape index (κ1) is 21.0. The summed E-state index contributed by atoms with van der Waals surface area (Å²) in [5.74, 6) is -0.789. The molecule has 0 atom stereocenters. The number of hydrogen-bond acceptors (Lipinski definition) is 5. The van der Waals surface area contributed by atoms with Crippen LogP contribution in [0.1, 0.15) is 17.3 Å². The summed E-state index contributed by atoms with van der Waals surface area (Å²) in [4.78, 5) is 25.5. The van der Waals surface area contributed by atoms with Crippen molar-refractivity contribution in [3.05, 3.63) is 58.5 Å². The van der Waals surface area contributed by atoms with Gasteiger partial charge in [0, 0.05) is 18.7 Å². The number of amides is 1. The molecular weight excluding hydrogens is 432 g/mol. The van der Waals surface area contributed by atoms with E-state index < -0.39 is 33.6 Å². The molecule has 1 N–H and O–H groups in total. The number of ether oxygens (including phenoxy) is 1. The molecule has 0 saturated carbocycles. The highest BCUT2D eigenvalue weighted by molar-refractivity contribution is 7.93. The maximum absolute atomic E-state index is 12.8. The van der Waals surface area contributed by atoms with Gasteiger partial charge in [-0.1, -0.05) is 6.07 Å². The number of imidazole rings is 1. The number of aryl methyl sites for hydroxylation is 1. The van der Waals surface area contributed by atoms with Crippen molar-refractivity contribution in [2.24, 2.45) is 7.05 Å². The smallest absolute Gasteiger partial charge is 0.387 e. The number of carbonyl (C=O) groups excluding carboxylic acids is 1. The van der Waals surface area contributed by atoms with Crippen LogP contribution < -0.4 is 15.7 Å². The van der Waals surface area contributed by atoms with Gasteiger partial charge in [0.1, 0.15) is 5.75 Å². The first-order chi connectivity index (χ1) is 14.5. The topological polar surface area (TPSA) is 99.4 Å². The molecule has 1 fully saturated rings. The van der Waals surface area contributed by atoms with Crippen molar-refractivity contribution in [2.75, 3.05) is 11.5 Å². The van der Waals surface area contributed by atoms with Crippen molar-refractivity contribution < 1.29 is 26.7 Å². The fourth-order valence-corrected chi connectivity index (χ4v) is 5.87. The number of nitrogens with zero attached hydrogens (tertiary/aromatic N) is 2. The fraction of sp³-hybridized carbons (Fsp3) is 0.300. The highest BCUT2D eigenvalue weighted by Crippen LogP contribution is 2.25. The maximum Gasteiger partial charge on any atom is 0.387 e. The minimum absolute atomic E-state index is 0.0869. The van der Waals surface area contributed by atoms with Crippen molar-refractivity contribution in [3.8, 4) is 11.4 Å². The van der Waals surface area contributed by atoms with E-state index in [0.717, 1.165) is 0 Å². The minimum atomic E-state index is -3.12. The van der Waals surface area contributed by atoms with Crippen LogP contribution in [0.25, 0.3) is 16.7 Å². The molecule has 2 heterocycles. The number of nitrogens with one attached hydrogen (secondary N) is 1. The van der Waals surface area contributed by atoms with E-state index >= 15 is 0 Å². The molecule has 8 nitrogen and oxygen atoms in total. The highest BCUT2D eigenvalue weighted by atomic mass is 32.2. The summed E-state index contributed by atoms with van der Waals surface area (Å²) in [5, 5.41) is 2.73. The van der Waals surface area contributed by atoms with Gasteiger partial charge in [-0.3, -0.25) is 13.9 Å². The lowest BCUT2D eigenvalue weighted by molar-refractivity contribution is -0.0498. The summed E-state index contributed by atoms with van der Waals surface area (Å²) in [7, 11) is -1.59. The molecule has 164 valence electrons. The molecule has 11 heteroatoms. The molecule has 1 amide bonds. The molecular formula is C20H19F2N3O5S. The molecule has 31 heavy (non-hydrogen) atoms. The summed E-state index contributed by atoms with van der Waals surface area (Å²) in [6, 6.07) is 10.4. The summed E-state index contributed by atoms with van der Waals surface area (Å²) in [6.45, 7) is -1.33. The van der Waals surface area contributed by atoms with Gasteiger partial charge in [0.2, 0.25) is 0 Å². The quantitative estimate of drug-likeness (QED) is 0.638. The SMILES string of the molecule is Cn1c(=O)n(-c2cccc(OC(F)F)c2)c2ccc(C(=O)NC3(C)CS(=O)(=O)C3)cc21. The Bertz CT molecular complexity index is 1350. The predicted octanol–water partition coefficient (Wildman–Crippen LogP) is 1.85. The zero-order valence-electron chi connectivity index (χ0n) is 16.6. The highest BCUT2D eigenvalue weighted by Gasteiger charge is 2.45. The largest absolute Gasteiger partial charge is 0.435 e. The Kier molecular flexibility index (Phi) is 4.88. The van der Waals surface area contributed by atoms with Crippen LogP contribution in [0, 0.1) is 0 Å². The molecule has 0 unspecified atom stereocenters. The van der Waals surface area contributed by atoms with Gasteiger partial charge in [0.25, 0.3) is 5.91 Å². The lowest BCUT2D eigenvalue weighted by Crippen LogP contribution is -2.63. The van der Waals surface area contributed by atoms with Crippen LogP contribution in [-0.4, -0.2) is 47.1 Å². The molecule has 0 bridgehead atoms. The standard InChI is InChI=1S/C20H19F2N3O5S/c1-20(10-31(28,29)11-20)23-17(26)12-6-7-15-16(8-12)24(2)19(27)25(15)13-4-3-5-14(9-13)30-18(21)22/h3-9,18H,10-11H2,1-2H3,(H,23,26). The Morgan fingerprint density at radius 3 is 2.52 bits per heavy atom. The first-order valence-corrected chi connectivity index (χ1v) is 11.1. The number of fused-ring (bicyclic) bond motifs is 1. The van der Waals surface area contributed by atoms with Crippen LogP contribution in [0.15, 0.2) is 47.3 Å². The van der Waals surface area contributed by atoms with Crippen molar-refractivity contribution in [3.63, 3.8) is 0 Å². The van der Waals surface area contributed by atoms with Crippen molar-refractivity contribution in [2.45, 2.75) is 19.1 Å². The second kappa shape index (κ2) is 7.19. The van der Waals surface area contributed by atoms with Crippen LogP contribution in [0.3, 0.4) is 0 Å². The molecule has 3 aromatic rings. The van der Waals surface area contributed by atoms with Crippen LogP contribution in [-0.2, 0) is 16.9 Å². The summed E-state index contributed by atoms with van der Waals surface area (Å²) in [6.07, 6.45) is 0. The van der Waals surface area contributed by atoms with E-state index in [-0.39, 0.29) is 22.8 Å². The van der Waals surface area contributed by atoms with E-state index in [4.69, 9.17) is 0 Å². The summed E-state index contributed by atoms with van der Waals surface area (Å²) >= 11 is 0. The molecule has 0 radical (unpaired) electrons. The molecule has 1 aliphatic rings. The summed E-state index contributed by atoms with van der Waals surface area (Å²) < 4.78 is 55.1. The average Bonchev–Trinajstić information content (AvgIpc) is 2.89. The summed E-state index contributed by atoms with van der Waals surface area (Å²) in [5.41, 5.74) is 0.255. The van der Waals surface area contributed by atoms with E-state index in [1.807, 2.05) is 0 Å². The Morgan fingerprint density at radius 2 is 1.87 bits per heavy atom. The van der Waals surface area contributed by atoms with E-state index in [1.54, 1.807) is 19.1 Å². The van der Waals surface area contributed by atoms with Gasteiger partial charge in [-0.2, -0.15) is 8.78 Å². The molecule has 2 aromatic carbocycles. The molecule has 1 aromatic heterocycles. The van der Waals surface area contributed by atoms with E-state index in [0.29, 0.717) is 16.7 Å².